The van der Waals surface area contributed by atoms with Crippen molar-refractivity contribution in [2.24, 2.45) is 11.3 Å². The fraction of sp³-hybridized carbons (Fsp3) is 0.500. The Hall–Kier alpha value is -3.16. The Morgan fingerprint density at radius 3 is 2.70 bits per heavy atom. The fourth-order valence-electron chi connectivity index (χ4n) is 6.29. The van der Waals surface area contributed by atoms with Gasteiger partial charge in [-0.25, -0.2) is 18.7 Å². The highest BCUT2D eigenvalue weighted by Crippen LogP contribution is 2.56. The number of nitriles is 1. The summed E-state index contributed by atoms with van der Waals surface area (Å²) in [6.45, 7) is 2.11. The molecule has 0 unspecified atom stereocenters. The molecule has 0 bridgehead atoms. The molecule has 3 fully saturated rings. The molecular weight excluding hydrogens is 498 g/mol. The summed E-state index contributed by atoms with van der Waals surface area (Å²) in [5.41, 5.74) is 2.38. The molecule has 3 aromatic rings. The fourth-order valence-corrected chi connectivity index (χ4v) is 6.49. The maximum absolute atomic E-state index is 14.7. The van der Waals surface area contributed by atoms with E-state index >= 15 is 0 Å². The van der Waals surface area contributed by atoms with E-state index in [2.05, 4.69) is 35.7 Å². The van der Waals surface area contributed by atoms with E-state index in [0.29, 0.717) is 48.4 Å². The van der Waals surface area contributed by atoms with Crippen LogP contribution in [0.1, 0.15) is 54.5 Å². The van der Waals surface area contributed by atoms with Crippen molar-refractivity contribution >= 4 is 17.5 Å². The quantitative estimate of drug-likeness (QED) is 0.493. The van der Waals surface area contributed by atoms with Crippen molar-refractivity contribution in [2.75, 3.05) is 24.5 Å². The zero-order valence-electron chi connectivity index (χ0n) is 20.1. The second-order valence-electron chi connectivity index (χ2n) is 11.1. The average molecular weight is 523 g/mol. The van der Waals surface area contributed by atoms with E-state index < -0.39 is 11.8 Å². The normalized spacial score (nSPS) is 21.0. The Bertz CT molecular complexity index is 1410. The molecule has 0 amide bonds. The number of anilines is 1. The first-order chi connectivity index (χ1) is 17.8. The summed E-state index contributed by atoms with van der Waals surface area (Å²) in [5.74, 6) is -0.800. The molecule has 2 aliphatic carbocycles. The minimum atomic E-state index is -2.70. The van der Waals surface area contributed by atoms with E-state index in [1.165, 1.54) is 0 Å². The van der Waals surface area contributed by atoms with Crippen molar-refractivity contribution in [3.8, 4) is 11.8 Å². The minimum absolute atomic E-state index is 0.176. The van der Waals surface area contributed by atoms with E-state index in [-0.39, 0.29) is 17.9 Å². The smallest absolute Gasteiger partial charge is 0.263 e. The molecule has 37 heavy (non-hydrogen) atoms. The van der Waals surface area contributed by atoms with Crippen LogP contribution in [0.4, 0.5) is 14.7 Å². The average Bonchev–Trinajstić information content (AvgIpc) is 3.62. The molecule has 7 rings (SSSR count). The Labute approximate surface area is 217 Å². The van der Waals surface area contributed by atoms with Crippen LogP contribution in [-0.2, 0) is 13.1 Å². The van der Waals surface area contributed by atoms with Crippen LogP contribution >= 0.6 is 11.6 Å². The molecule has 4 aliphatic rings. The summed E-state index contributed by atoms with van der Waals surface area (Å²) >= 11 is 6.32. The van der Waals surface area contributed by atoms with Crippen LogP contribution in [0.3, 0.4) is 0 Å². The minimum Gasteiger partial charge on any atom is -0.340 e. The van der Waals surface area contributed by atoms with Crippen molar-refractivity contribution in [3.05, 3.63) is 58.4 Å². The molecule has 11 heteroatoms. The van der Waals surface area contributed by atoms with Gasteiger partial charge >= 0.3 is 0 Å². The summed E-state index contributed by atoms with van der Waals surface area (Å²) in [5, 5.41) is 18.8. The van der Waals surface area contributed by atoms with E-state index in [1.807, 2.05) is 18.2 Å². The van der Waals surface area contributed by atoms with Crippen LogP contribution < -0.4 is 4.90 Å². The lowest BCUT2D eigenvalue weighted by Gasteiger charge is -2.58. The van der Waals surface area contributed by atoms with Gasteiger partial charge in [0.2, 0.25) is 5.95 Å². The lowest BCUT2D eigenvalue weighted by molar-refractivity contribution is -0.0558. The van der Waals surface area contributed by atoms with Gasteiger partial charge in [0.25, 0.3) is 5.92 Å². The number of nitrogens with zero attached hydrogens (tertiary/aromatic N) is 8. The third-order valence-electron chi connectivity index (χ3n) is 8.22. The number of alkyl halides is 2. The standard InChI is InChI=1S/C26H25ClF2N8/c27-19-3-4-21-16(7-19)11-35(15-26(28,29)18-1-2-18)12-22-33-34-23(37(21)22)17-8-25(9-17)13-36(14-25)24-31-6-5-20(10-30)32-24/h3-7,17-18H,1-2,8-9,11-15H2. The monoisotopic (exact) mass is 522 g/mol. The van der Waals surface area contributed by atoms with Gasteiger partial charge in [-0.2, -0.15) is 5.26 Å². The first kappa shape index (κ1) is 23.0. The Kier molecular flexibility index (Phi) is 5.08. The highest BCUT2D eigenvalue weighted by atomic mass is 35.5. The van der Waals surface area contributed by atoms with Crippen LogP contribution in [0.5, 0.6) is 0 Å². The molecule has 190 valence electrons. The Balaban J connectivity index is 1.12. The molecule has 1 spiro atoms. The molecule has 2 aromatic heterocycles. The zero-order chi connectivity index (χ0) is 25.4. The lowest BCUT2D eigenvalue weighted by Crippen LogP contribution is -2.62. The van der Waals surface area contributed by atoms with E-state index in [0.717, 1.165) is 43.0 Å². The molecule has 1 saturated heterocycles. The summed E-state index contributed by atoms with van der Waals surface area (Å²) in [6.07, 6.45) is 4.74. The van der Waals surface area contributed by atoms with Gasteiger partial charge in [-0.1, -0.05) is 11.6 Å². The summed E-state index contributed by atoms with van der Waals surface area (Å²) in [7, 11) is 0. The van der Waals surface area contributed by atoms with E-state index in [9.17, 15) is 8.78 Å². The van der Waals surface area contributed by atoms with Crippen molar-refractivity contribution in [1.82, 2.24) is 29.6 Å². The highest BCUT2D eigenvalue weighted by molar-refractivity contribution is 6.30. The van der Waals surface area contributed by atoms with Gasteiger partial charge in [0.05, 0.1) is 18.8 Å². The number of rotatable bonds is 5. The van der Waals surface area contributed by atoms with Crippen LogP contribution in [0.25, 0.3) is 5.69 Å². The second kappa shape index (κ2) is 8.17. The molecule has 0 radical (unpaired) electrons. The maximum Gasteiger partial charge on any atom is 0.263 e. The third-order valence-corrected chi connectivity index (χ3v) is 8.46. The van der Waals surface area contributed by atoms with Crippen LogP contribution in [0, 0.1) is 22.7 Å². The number of halogens is 3. The first-order valence-electron chi connectivity index (χ1n) is 12.6. The van der Waals surface area contributed by atoms with Gasteiger partial charge < -0.3 is 4.90 Å². The molecule has 0 N–H and O–H groups in total. The van der Waals surface area contributed by atoms with Crippen LogP contribution in [-0.4, -0.2) is 55.2 Å². The predicted octanol–water partition coefficient (Wildman–Crippen LogP) is 4.33. The van der Waals surface area contributed by atoms with Gasteiger partial charge in [-0.15, -0.1) is 10.2 Å². The second-order valence-corrected chi connectivity index (χ2v) is 11.5. The molecule has 0 atom stereocenters. The number of fused-ring (bicyclic) bond motifs is 3. The molecule has 8 nitrogen and oxygen atoms in total. The third kappa shape index (κ3) is 3.96. The zero-order valence-corrected chi connectivity index (χ0v) is 20.9. The molecule has 4 heterocycles. The number of hydrogen-bond acceptors (Lipinski definition) is 7. The van der Waals surface area contributed by atoms with E-state index in [4.69, 9.17) is 16.9 Å². The molecule has 2 saturated carbocycles. The van der Waals surface area contributed by atoms with Gasteiger partial charge in [-0.3, -0.25) is 9.47 Å². The Morgan fingerprint density at radius 2 is 1.95 bits per heavy atom. The number of aromatic nitrogens is 5. The summed E-state index contributed by atoms with van der Waals surface area (Å²) in [4.78, 5) is 12.5. The van der Waals surface area contributed by atoms with Gasteiger partial charge in [0.1, 0.15) is 17.6 Å². The van der Waals surface area contributed by atoms with Crippen LogP contribution in [0.2, 0.25) is 5.02 Å². The van der Waals surface area contributed by atoms with Crippen molar-refractivity contribution in [2.45, 2.75) is 50.6 Å². The largest absolute Gasteiger partial charge is 0.340 e. The topological polar surface area (TPSA) is 86.8 Å². The van der Waals surface area contributed by atoms with Crippen molar-refractivity contribution in [1.29, 1.82) is 5.26 Å². The maximum atomic E-state index is 14.7. The SMILES string of the molecule is N#Cc1ccnc(N2CC3(CC(c4nnc5n4-c4ccc(Cl)cc4CN(CC(F)(F)C4CC4)C5)C3)C2)n1. The Morgan fingerprint density at radius 1 is 1.14 bits per heavy atom. The summed E-state index contributed by atoms with van der Waals surface area (Å²) < 4.78 is 31.6. The summed E-state index contributed by atoms with van der Waals surface area (Å²) in [6, 6.07) is 9.34. The number of benzene rings is 1. The molecule has 1 aromatic carbocycles. The van der Waals surface area contributed by atoms with Crippen molar-refractivity contribution < 1.29 is 8.78 Å². The van der Waals surface area contributed by atoms with Gasteiger partial charge in [-0.05, 0) is 55.5 Å². The number of hydrogen-bond donors (Lipinski definition) is 0. The predicted molar refractivity (Wildman–Crippen MR) is 132 cm³/mol. The molecule has 2 aliphatic heterocycles. The van der Waals surface area contributed by atoms with Crippen molar-refractivity contribution in [3.63, 3.8) is 0 Å². The molecular formula is C26H25ClF2N8. The lowest BCUT2D eigenvalue weighted by atomic mass is 9.57. The van der Waals surface area contributed by atoms with E-state index in [1.54, 1.807) is 17.2 Å². The van der Waals surface area contributed by atoms with Gasteiger partial charge in [0, 0.05) is 48.1 Å². The highest BCUT2D eigenvalue weighted by Gasteiger charge is 2.55. The van der Waals surface area contributed by atoms with Crippen LogP contribution in [0.15, 0.2) is 30.5 Å². The first-order valence-corrected chi connectivity index (χ1v) is 13.0. The van der Waals surface area contributed by atoms with Gasteiger partial charge in [0.15, 0.2) is 5.82 Å².